The van der Waals surface area contributed by atoms with Gasteiger partial charge in [-0.25, -0.2) is 0 Å². The van der Waals surface area contributed by atoms with Crippen LogP contribution in [0.2, 0.25) is 0 Å². The van der Waals surface area contributed by atoms with Gasteiger partial charge in [-0.1, -0.05) is 79.6 Å². The minimum Gasteiger partial charge on any atom is -0.508 e. The highest BCUT2D eigenvalue weighted by Gasteiger charge is 2.15. The molecule has 0 saturated carbocycles. The molecule has 0 fully saturated rings. The van der Waals surface area contributed by atoms with E-state index in [1.54, 1.807) is 12.1 Å². The average Bonchev–Trinajstić information content (AvgIpc) is 2.93. The molecular weight excluding hydrogens is 462 g/mol. The number of unbranched alkanes of at least 4 members (excludes halogenated alkanes) is 4. The minimum atomic E-state index is -0.690. The van der Waals surface area contributed by atoms with Crippen LogP contribution in [0, 0.1) is 0 Å². The Bertz CT molecular complexity index is 996. The summed E-state index contributed by atoms with van der Waals surface area (Å²) in [7, 11) is 0. The van der Waals surface area contributed by atoms with Crippen LogP contribution in [-0.4, -0.2) is 46.5 Å². The first-order valence-corrected chi connectivity index (χ1v) is 13.6. The van der Waals surface area contributed by atoms with E-state index in [2.05, 4.69) is 47.4 Å². The van der Waals surface area contributed by atoms with Crippen molar-refractivity contribution in [2.24, 2.45) is 0 Å². The second-order valence-corrected chi connectivity index (χ2v) is 9.75. The topological polar surface area (TPSA) is 73.2 Å². The summed E-state index contributed by atoms with van der Waals surface area (Å²) in [4.78, 5) is 2.29. The number of hydrogen-bond acceptors (Lipinski definition) is 5. The Morgan fingerprint density at radius 1 is 0.730 bits per heavy atom. The first kappa shape index (κ1) is 28.9. The summed E-state index contributed by atoms with van der Waals surface area (Å²) in [6, 6.07) is 25.9. The molecule has 37 heavy (non-hydrogen) atoms. The molecule has 0 aliphatic carbocycles. The molecule has 200 valence electrons. The number of aliphatic hydroxyl groups is 2. The predicted molar refractivity (Wildman–Crippen MR) is 149 cm³/mol. The summed E-state index contributed by atoms with van der Waals surface area (Å²) >= 11 is 0. The van der Waals surface area contributed by atoms with Crippen molar-refractivity contribution in [2.75, 3.05) is 26.3 Å². The molecule has 0 unspecified atom stereocenters. The van der Waals surface area contributed by atoms with E-state index in [1.165, 1.54) is 23.6 Å². The van der Waals surface area contributed by atoms with E-state index in [0.29, 0.717) is 17.7 Å². The highest BCUT2D eigenvalue weighted by atomic mass is 16.5. The van der Waals surface area contributed by atoms with Crippen molar-refractivity contribution in [2.45, 2.75) is 64.2 Å². The number of benzene rings is 3. The molecule has 0 radical (unpaired) electrons. The van der Waals surface area contributed by atoms with Gasteiger partial charge in [0.2, 0.25) is 0 Å². The molecule has 3 aromatic carbocycles. The van der Waals surface area contributed by atoms with Gasteiger partial charge in [0.15, 0.2) is 0 Å². The largest absolute Gasteiger partial charge is 0.508 e. The van der Waals surface area contributed by atoms with Crippen LogP contribution in [0.25, 0.3) is 0 Å². The molecule has 0 heterocycles. The fraction of sp³-hybridized carbons (Fsp3) is 0.438. The zero-order valence-electron chi connectivity index (χ0n) is 22.0. The van der Waals surface area contributed by atoms with Crippen LogP contribution in [0.15, 0.2) is 78.9 Å². The van der Waals surface area contributed by atoms with Gasteiger partial charge in [-0.15, -0.1) is 0 Å². The van der Waals surface area contributed by atoms with E-state index in [0.717, 1.165) is 64.8 Å². The van der Waals surface area contributed by atoms with Gasteiger partial charge in [0, 0.05) is 31.9 Å². The van der Waals surface area contributed by atoms with Crippen molar-refractivity contribution in [3.8, 4) is 5.75 Å². The molecule has 3 N–H and O–H groups in total. The van der Waals surface area contributed by atoms with Crippen molar-refractivity contribution in [3.05, 3.63) is 101 Å². The van der Waals surface area contributed by atoms with E-state index >= 15 is 0 Å². The number of ether oxygens (including phenoxy) is 1. The summed E-state index contributed by atoms with van der Waals surface area (Å²) in [5, 5.41) is 30.2. The third-order valence-corrected chi connectivity index (χ3v) is 6.70. The van der Waals surface area contributed by atoms with Crippen molar-refractivity contribution < 1.29 is 20.1 Å². The maximum absolute atomic E-state index is 10.9. The van der Waals surface area contributed by atoms with Gasteiger partial charge in [0.25, 0.3) is 0 Å². The number of aryl methyl sites for hydroxylation is 1. The van der Waals surface area contributed by atoms with Crippen molar-refractivity contribution in [1.29, 1.82) is 0 Å². The molecule has 3 rings (SSSR count). The number of aliphatic hydroxyl groups excluding tert-OH is 2. The zero-order valence-corrected chi connectivity index (χ0v) is 22.0. The maximum atomic E-state index is 10.9. The van der Waals surface area contributed by atoms with Crippen LogP contribution in [0.5, 0.6) is 5.75 Å². The summed E-state index contributed by atoms with van der Waals surface area (Å²) in [6.45, 7) is 3.58. The smallest absolute Gasteiger partial charge is 0.121 e. The first-order chi connectivity index (χ1) is 18.2. The van der Waals surface area contributed by atoms with Gasteiger partial charge in [-0.3, -0.25) is 4.90 Å². The normalized spacial score (nSPS) is 12.2. The van der Waals surface area contributed by atoms with Gasteiger partial charge in [0.1, 0.15) is 5.75 Å². The minimum absolute atomic E-state index is 0.0516. The summed E-state index contributed by atoms with van der Waals surface area (Å²) < 4.78 is 5.83. The number of phenols is 1. The molecule has 0 saturated heterocycles. The third kappa shape index (κ3) is 11.1. The molecule has 0 spiro atoms. The standard InChI is InChI=1S/C32H43NO4/c34-26-30-23-29(18-19-31(30)35)32(36)25-33(24-28-16-7-4-8-17-28)20-10-1-2-11-21-37-22-12-9-15-27-13-5-3-6-14-27/h3-8,13-14,16-19,23,32,34-36H,1-2,9-12,15,20-22,24-26H2/t32-/m0/s1. The Morgan fingerprint density at radius 3 is 2.08 bits per heavy atom. The number of nitrogens with zero attached hydrogens (tertiary/aromatic N) is 1. The van der Waals surface area contributed by atoms with Crippen LogP contribution in [0.1, 0.15) is 66.9 Å². The van der Waals surface area contributed by atoms with E-state index in [-0.39, 0.29) is 12.4 Å². The molecule has 1 atom stereocenters. The molecule has 0 aromatic heterocycles. The Hall–Kier alpha value is -2.70. The lowest BCUT2D eigenvalue weighted by molar-refractivity contribution is 0.106. The second-order valence-electron chi connectivity index (χ2n) is 9.75. The predicted octanol–water partition coefficient (Wildman–Crippen LogP) is 6.02. The lowest BCUT2D eigenvalue weighted by Gasteiger charge is -2.26. The average molecular weight is 506 g/mol. The molecule has 0 bridgehead atoms. The van der Waals surface area contributed by atoms with Crippen molar-refractivity contribution >= 4 is 0 Å². The van der Waals surface area contributed by atoms with Crippen LogP contribution < -0.4 is 0 Å². The highest BCUT2D eigenvalue weighted by Crippen LogP contribution is 2.24. The van der Waals surface area contributed by atoms with E-state index < -0.39 is 6.10 Å². The maximum Gasteiger partial charge on any atom is 0.121 e. The first-order valence-electron chi connectivity index (χ1n) is 13.6. The number of aromatic hydroxyl groups is 1. The molecule has 0 aliphatic rings. The Labute approximate surface area is 222 Å². The van der Waals surface area contributed by atoms with Crippen molar-refractivity contribution in [1.82, 2.24) is 4.90 Å². The fourth-order valence-electron chi connectivity index (χ4n) is 4.54. The second kappa shape index (κ2) is 16.9. The van der Waals surface area contributed by atoms with Crippen LogP contribution in [0.3, 0.4) is 0 Å². The van der Waals surface area contributed by atoms with Crippen LogP contribution in [0.4, 0.5) is 0 Å². The van der Waals surface area contributed by atoms with E-state index in [9.17, 15) is 15.3 Å². The zero-order chi connectivity index (χ0) is 26.1. The summed E-state index contributed by atoms with van der Waals surface area (Å²) in [6.07, 6.45) is 7.12. The number of rotatable bonds is 18. The van der Waals surface area contributed by atoms with Crippen LogP contribution in [-0.2, 0) is 24.3 Å². The highest BCUT2D eigenvalue weighted by molar-refractivity contribution is 5.36. The SMILES string of the molecule is OCc1cc([C@@H](O)CN(CCCCCCOCCCCc2ccccc2)Cc2ccccc2)ccc1O. The molecular formula is C32H43NO4. The van der Waals surface area contributed by atoms with Gasteiger partial charge in [0.05, 0.1) is 12.7 Å². The van der Waals surface area contributed by atoms with Gasteiger partial charge in [-0.05, 0) is 67.5 Å². The Morgan fingerprint density at radius 2 is 1.38 bits per heavy atom. The van der Waals surface area contributed by atoms with Crippen LogP contribution >= 0.6 is 0 Å². The quantitative estimate of drug-likeness (QED) is 0.184. The van der Waals surface area contributed by atoms with Gasteiger partial charge < -0.3 is 20.1 Å². The third-order valence-electron chi connectivity index (χ3n) is 6.70. The summed E-state index contributed by atoms with van der Waals surface area (Å²) in [5.41, 5.74) is 3.76. The van der Waals surface area contributed by atoms with Crippen molar-refractivity contribution in [3.63, 3.8) is 0 Å². The summed E-state index contributed by atoms with van der Waals surface area (Å²) in [5.74, 6) is 0.0516. The monoisotopic (exact) mass is 505 g/mol. The lowest BCUT2D eigenvalue weighted by Crippen LogP contribution is -2.29. The van der Waals surface area contributed by atoms with E-state index in [1.807, 2.05) is 18.2 Å². The lowest BCUT2D eigenvalue weighted by atomic mass is 10.0. The van der Waals surface area contributed by atoms with Gasteiger partial charge >= 0.3 is 0 Å². The molecule has 0 aliphatic heterocycles. The fourth-order valence-corrected chi connectivity index (χ4v) is 4.54. The van der Waals surface area contributed by atoms with Gasteiger partial charge in [-0.2, -0.15) is 0 Å². The van der Waals surface area contributed by atoms with E-state index in [4.69, 9.17) is 4.74 Å². The molecule has 0 amide bonds. The molecule has 5 nitrogen and oxygen atoms in total. The number of hydrogen-bond donors (Lipinski definition) is 3. The Kier molecular flexibility index (Phi) is 13.2. The molecule has 3 aromatic rings. The Balaban J connectivity index is 1.34. The molecule has 5 heteroatoms.